The number of unbranched alkanes of at least 4 members (excludes halogenated alkanes) is 4. The number of hydrogen-bond donors (Lipinski definition) is 2. The Labute approximate surface area is 283 Å². The molecule has 1 aliphatic heterocycles. The van der Waals surface area contributed by atoms with Crippen molar-refractivity contribution >= 4 is 49.1 Å². The minimum Gasteiger partial charge on any atom is -0.748 e. The molecule has 49 heavy (non-hydrogen) atoms. The molecule has 0 radical (unpaired) electrons. The molecular formula is C33H39F3N2O9S2. The average molecular weight is 729 g/mol. The molecule has 3 aromatic rings. The molecule has 0 aliphatic carbocycles. The second kappa shape index (κ2) is 15.9. The van der Waals surface area contributed by atoms with Gasteiger partial charge in [0.1, 0.15) is 17.5 Å². The summed E-state index contributed by atoms with van der Waals surface area (Å²) >= 11 is 0. The third-order valence-corrected chi connectivity index (χ3v) is 10.2. The second-order valence-electron chi connectivity index (χ2n) is 12.3. The highest BCUT2D eigenvalue weighted by molar-refractivity contribution is 7.85. The molecule has 1 aromatic heterocycles. The van der Waals surface area contributed by atoms with Gasteiger partial charge in [-0.1, -0.05) is 18.9 Å². The Hall–Kier alpha value is -3.73. The smallest absolute Gasteiger partial charge is 0.374 e. The van der Waals surface area contributed by atoms with E-state index in [1.807, 2.05) is 0 Å². The third-order valence-electron chi connectivity index (χ3n) is 8.56. The number of carboxylic acids is 1. The molecule has 0 saturated heterocycles. The van der Waals surface area contributed by atoms with Gasteiger partial charge in [0.25, 0.3) is 15.6 Å². The third kappa shape index (κ3) is 10.2. The van der Waals surface area contributed by atoms with Gasteiger partial charge in [-0.3, -0.25) is 9.35 Å². The van der Waals surface area contributed by atoms with E-state index in [9.17, 15) is 39.5 Å². The predicted octanol–water partition coefficient (Wildman–Crippen LogP) is 5.84. The fourth-order valence-electron chi connectivity index (χ4n) is 6.28. The Balaban J connectivity index is 1.73. The van der Waals surface area contributed by atoms with Gasteiger partial charge >= 0.3 is 11.9 Å². The number of aromatic nitrogens is 1. The van der Waals surface area contributed by atoms with Crippen LogP contribution in [-0.2, 0) is 37.0 Å². The largest absolute Gasteiger partial charge is 0.748 e. The molecule has 1 atom stereocenters. The fourth-order valence-corrected chi connectivity index (χ4v) is 7.40. The number of benzene rings is 2. The van der Waals surface area contributed by atoms with Gasteiger partial charge in [0.15, 0.2) is 6.54 Å². The number of fused-ring (bicyclic) bond motifs is 2. The first-order valence-corrected chi connectivity index (χ1v) is 19.1. The summed E-state index contributed by atoms with van der Waals surface area (Å²) in [6.45, 7) is 2.30. The van der Waals surface area contributed by atoms with Gasteiger partial charge in [0.2, 0.25) is 5.58 Å². The maximum absolute atomic E-state index is 15.5. The Morgan fingerprint density at radius 3 is 2.41 bits per heavy atom. The average Bonchev–Trinajstić information content (AvgIpc) is 3.43. The molecule has 2 aromatic carbocycles. The number of halogens is 3. The zero-order chi connectivity index (χ0) is 36.0. The number of oxazole rings is 1. The molecule has 1 aliphatic rings. The molecule has 0 amide bonds. The maximum atomic E-state index is 15.5. The van der Waals surface area contributed by atoms with Crippen LogP contribution in [0.25, 0.3) is 17.2 Å². The predicted molar refractivity (Wildman–Crippen MR) is 175 cm³/mol. The van der Waals surface area contributed by atoms with Crippen molar-refractivity contribution in [3.05, 3.63) is 77.1 Å². The maximum Gasteiger partial charge on any atom is 0.374 e. The van der Waals surface area contributed by atoms with Gasteiger partial charge in [-0.25, -0.2) is 21.6 Å². The van der Waals surface area contributed by atoms with Crippen molar-refractivity contribution < 1.29 is 58.0 Å². The molecule has 0 fully saturated rings. The molecule has 1 unspecified atom stereocenters. The SMILES string of the molecule is CC1(CCCCS(=O)(=O)O)/C(=C\C=C\c2oc3cc(F)ccc3[n+]2CCCCS(=O)(=O)[O-])N(CCCCCC(=O)O)c2c(F)cc(F)cc21. The summed E-state index contributed by atoms with van der Waals surface area (Å²) in [5, 5.41) is 9.01. The Bertz CT molecular complexity index is 1960. The van der Waals surface area contributed by atoms with Crippen LogP contribution in [0.2, 0.25) is 0 Å². The van der Waals surface area contributed by atoms with Gasteiger partial charge in [0.05, 0.1) is 27.6 Å². The highest BCUT2D eigenvalue weighted by Gasteiger charge is 2.45. The van der Waals surface area contributed by atoms with Crippen molar-refractivity contribution in [3.8, 4) is 0 Å². The lowest BCUT2D eigenvalue weighted by Crippen LogP contribution is -2.35. The number of allylic oxidation sites excluding steroid dienone is 3. The van der Waals surface area contributed by atoms with Crippen molar-refractivity contribution in [2.45, 2.75) is 76.7 Å². The molecule has 0 saturated carbocycles. The minimum absolute atomic E-state index is 0.0266. The van der Waals surface area contributed by atoms with Gasteiger partial charge in [-0.2, -0.15) is 13.0 Å². The summed E-state index contributed by atoms with van der Waals surface area (Å²) in [4.78, 5) is 12.7. The van der Waals surface area contributed by atoms with Crippen LogP contribution in [0.3, 0.4) is 0 Å². The summed E-state index contributed by atoms with van der Waals surface area (Å²) in [7, 11) is -8.62. The molecule has 2 N–H and O–H groups in total. The van der Waals surface area contributed by atoms with Crippen LogP contribution in [-0.4, -0.2) is 55.1 Å². The standard InChI is InChI=1S/C33H39F3N2O9S2/c1-33(15-4-7-18-48(41,42)43)25-20-24(35)21-26(36)32(25)38(17-5-2-3-12-31(39)40)29(33)10-9-11-30-37(16-6-8-19-49(44,45)46)27-14-13-23(34)22-28(27)47-30/h9-11,13-14,20-22H,2-8,12,15-19H2,1H3,(H2-,39,40,41,42,43,44,45,46). The second-order valence-corrected chi connectivity index (χ2v) is 15.4. The van der Waals surface area contributed by atoms with Crippen molar-refractivity contribution in [1.82, 2.24) is 0 Å². The summed E-state index contributed by atoms with van der Waals surface area (Å²) in [5.74, 6) is -3.81. The van der Waals surface area contributed by atoms with Gasteiger partial charge in [-0.15, -0.1) is 0 Å². The number of aryl methyl sites for hydroxylation is 1. The zero-order valence-electron chi connectivity index (χ0n) is 26.9. The normalized spacial score (nSPS) is 17.5. The van der Waals surface area contributed by atoms with E-state index < -0.39 is 60.6 Å². The molecule has 0 spiro atoms. The lowest BCUT2D eigenvalue weighted by Gasteiger charge is -2.30. The van der Waals surface area contributed by atoms with Gasteiger partial charge in [0, 0.05) is 54.5 Å². The molecule has 268 valence electrons. The van der Waals surface area contributed by atoms with Crippen LogP contribution in [0, 0.1) is 17.5 Å². The van der Waals surface area contributed by atoms with Gasteiger partial charge < -0.3 is 19.0 Å². The first-order chi connectivity index (χ1) is 23.0. The first-order valence-electron chi connectivity index (χ1n) is 15.9. The van der Waals surface area contributed by atoms with Crippen LogP contribution < -0.4 is 9.47 Å². The zero-order valence-corrected chi connectivity index (χ0v) is 28.5. The van der Waals surface area contributed by atoms with Crippen LogP contribution >= 0.6 is 0 Å². The Morgan fingerprint density at radius 2 is 1.71 bits per heavy atom. The van der Waals surface area contributed by atoms with Crippen molar-refractivity contribution in [2.24, 2.45) is 0 Å². The summed E-state index contributed by atoms with van der Waals surface area (Å²) in [5.41, 5.74) is 0.795. The summed E-state index contributed by atoms with van der Waals surface area (Å²) in [6.07, 6.45) is 7.33. The number of hydrogen-bond acceptors (Lipinski definition) is 8. The van der Waals surface area contributed by atoms with Crippen LogP contribution in [0.15, 0.2) is 52.6 Å². The Kier molecular flexibility index (Phi) is 12.3. The van der Waals surface area contributed by atoms with Gasteiger partial charge in [-0.05, 0) is 62.8 Å². The quantitative estimate of drug-likeness (QED) is 0.0922. The lowest BCUT2D eigenvalue weighted by atomic mass is 9.77. The number of rotatable bonds is 18. The van der Waals surface area contributed by atoms with Crippen LogP contribution in [0.4, 0.5) is 18.9 Å². The van der Waals surface area contributed by atoms with E-state index in [4.69, 9.17) is 9.52 Å². The number of carboxylic acid groups (broad SMARTS) is 1. The molecular weight excluding hydrogens is 689 g/mol. The fraction of sp³-hybridized carbons (Fsp3) is 0.455. The van der Waals surface area contributed by atoms with E-state index in [-0.39, 0.29) is 62.4 Å². The molecule has 2 heterocycles. The van der Waals surface area contributed by atoms with E-state index in [0.29, 0.717) is 42.5 Å². The summed E-state index contributed by atoms with van der Waals surface area (Å²) < 4.78 is 117. The van der Waals surface area contributed by atoms with E-state index in [1.165, 1.54) is 24.3 Å². The number of nitrogens with zero attached hydrogens (tertiary/aromatic N) is 2. The van der Waals surface area contributed by atoms with Crippen molar-refractivity contribution in [3.63, 3.8) is 0 Å². The lowest BCUT2D eigenvalue weighted by molar-refractivity contribution is -0.678. The van der Waals surface area contributed by atoms with E-state index >= 15 is 4.39 Å². The van der Waals surface area contributed by atoms with Crippen LogP contribution in [0.5, 0.6) is 0 Å². The Morgan fingerprint density at radius 1 is 0.980 bits per heavy atom. The monoisotopic (exact) mass is 728 g/mol. The number of aliphatic carboxylic acids is 1. The molecule has 16 heteroatoms. The van der Waals surface area contributed by atoms with E-state index in [1.54, 1.807) is 34.6 Å². The highest BCUT2D eigenvalue weighted by Crippen LogP contribution is 2.52. The van der Waals surface area contributed by atoms with Crippen molar-refractivity contribution in [1.29, 1.82) is 0 Å². The van der Waals surface area contributed by atoms with E-state index in [2.05, 4.69) is 0 Å². The number of anilines is 1. The van der Waals surface area contributed by atoms with Crippen molar-refractivity contribution in [2.75, 3.05) is 23.0 Å². The topological polar surface area (TPSA) is 169 Å². The minimum atomic E-state index is -4.40. The van der Waals surface area contributed by atoms with E-state index in [0.717, 1.165) is 6.07 Å². The molecule has 0 bridgehead atoms. The molecule has 11 nitrogen and oxygen atoms in total. The highest BCUT2D eigenvalue weighted by atomic mass is 32.2. The first kappa shape index (κ1) is 38.1. The molecule has 4 rings (SSSR count). The summed E-state index contributed by atoms with van der Waals surface area (Å²) in [6, 6.07) is 5.98. The van der Waals surface area contributed by atoms with Crippen LogP contribution in [0.1, 0.15) is 76.2 Å². The number of carbonyl (C=O) groups is 1.